The van der Waals surface area contributed by atoms with Crippen molar-refractivity contribution in [2.24, 2.45) is 5.10 Å². The van der Waals surface area contributed by atoms with Gasteiger partial charge in [0.2, 0.25) is 10.0 Å². The maximum atomic E-state index is 13.5. The minimum Gasteiger partial charge on any atom is -0.497 e. The Labute approximate surface area is 219 Å². The lowest BCUT2D eigenvalue weighted by Crippen LogP contribution is -2.26. The van der Waals surface area contributed by atoms with Gasteiger partial charge in [0.1, 0.15) is 11.5 Å². The lowest BCUT2D eigenvalue weighted by atomic mass is 9.91. The second-order valence-corrected chi connectivity index (χ2v) is 10.9. The number of hydrazone groups is 1. The topological polar surface area (TPSA) is 101 Å². The van der Waals surface area contributed by atoms with Crippen LogP contribution in [0.5, 0.6) is 11.5 Å². The van der Waals surface area contributed by atoms with Crippen LogP contribution in [0.25, 0.3) is 22.0 Å². The molecule has 1 aromatic heterocycles. The SMILES string of the molecule is COc1ccc(OC)c(C2CC(c3c(-c4ccccc4)c4cc(Cl)ccc4[nH]c3=O)=NN2S(C)(=O)=O)c1. The molecule has 1 atom stereocenters. The number of pyridine rings is 1. The van der Waals surface area contributed by atoms with Crippen LogP contribution in [-0.4, -0.2) is 44.0 Å². The van der Waals surface area contributed by atoms with Gasteiger partial charge in [0.05, 0.1) is 37.8 Å². The third-order valence-electron chi connectivity index (χ3n) is 6.34. The number of benzene rings is 3. The van der Waals surface area contributed by atoms with Crippen molar-refractivity contribution in [3.8, 4) is 22.6 Å². The Hall–Kier alpha value is -3.82. The lowest BCUT2D eigenvalue weighted by Gasteiger charge is -2.23. The van der Waals surface area contributed by atoms with Gasteiger partial charge in [-0.25, -0.2) is 8.42 Å². The van der Waals surface area contributed by atoms with Crippen LogP contribution in [0, 0.1) is 0 Å². The first-order chi connectivity index (χ1) is 17.7. The van der Waals surface area contributed by atoms with Gasteiger partial charge in [-0.1, -0.05) is 41.9 Å². The molecule has 190 valence electrons. The number of fused-ring (bicyclic) bond motifs is 1. The molecule has 0 spiro atoms. The van der Waals surface area contributed by atoms with Gasteiger partial charge in [0.15, 0.2) is 0 Å². The van der Waals surface area contributed by atoms with Crippen molar-refractivity contribution in [3.05, 3.63) is 93.2 Å². The Bertz CT molecular complexity index is 1700. The molecule has 0 aliphatic carbocycles. The fourth-order valence-corrected chi connectivity index (χ4v) is 5.79. The summed E-state index contributed by atoms with van der Waals surface area (Å²) in [5.74, 6) is 1.03. The van der Waals surface area contributed by atoms with Crippen LogP contribution in [0.4, 0.5) is 0 Å². The number of aromatic amines is 1. The number of H-pyrrole nitrogens is 1. The van der Waals surface area contributed by atoms with Crippen LogP contribution in [0.15, 0.2) is 76.6 Å². The number of nitrogens with one attached hydrogen (secondary N) is 1. The van der Waals surface area contributed by atoms with Crippen LogP contribution in [-0.2, 0) is 10.0 Å². The smallest absolute Gasteiger partial charge is 0.258 e. The van der Waals surface area contributed by atoms with E-state index in [1.807, 2.05) is 30.3 Å². The first-order valence-electron chi connectivity index (χ1n) is 11.4. The van der Waals surface area contributed by atoms with Crippen LogP contribution < -0.4 is 15.0 Å². The first-order valence-corrected chi connectivity index (χ1v) is 13.6. The molecule has 5 rings (SSSR count). The van der Waals surface area contributed by atoms with Gasteiger partial charge >= 0.3 is 0 Å². The predicted molar refractivity (Wildman–Crippen MR) is 145 cm³/mol. The number of hydrogen-bond acceptors (Lipinski definition) is 6. The average Bonchev–Trinajstić information content (AvgIpc) is 3.34. The fourth-order valence-electron chi connectivity index (χ4n) is 4.72. The van der Waals surface area contributed by atoms with Gasteiger partial charge in [-0.15, -0.1) is 0 Å². The summed E-state index contributed by atoms with van der Waals surface area (Å²) in [6.07, 6.45) is 1.23. The number of aromatic nitrogens is 1. The van der Waals surface area contributed by atoms with Crippen molar-refractivity contribution in [2.75, 3.05) is 20.5 Å². The monoisotopic (exact) mass is 537 g/mol. The highest BCUT2D eigenvalue weighted by Crippen LogP contribution is 2.42. The van der Waals surface area contributed by atoms with Crippen LogP contribution in [0.1, 0.15) is 23.6 Å². The summed E-state index contributed by atoms with van der Waals surface area (Å²) in [5.41, 5.74) is 2.86. The normalized spacial score (nSPS) is 15.6. The molecule has 2 heterocycles. The molecule has 0 radical (unpaired) electrons. The summed E-state index contributed by atoms with van der Waals surface area (Å²) in [7, 11) is -0.767. The van der Waals surface area contributed by atoms with Crippen molar-refractivity contribution in [1.29, 1.82) is 0 Å². The van der Waals surface area contributed by atoms with Gasteiger partial charge in [-0.2, -0.15) is 9.52 Å². The number of nitrogens with zero attached hydrogens (tertiary/aromatic N) is 2. The molecule has 3 aromatic carbocycles. The molecule has 1 unspecified atom stereocenters. The number of sulfonamides is 1. The molecule has 1 aliphatic rings. The van der Waals surface area contributed by atoms with Crippen molar-refractivity contribution >= 4 is 38.2 Å². The lowest BCUT2D eigenvalue weighted by molar-refractivity contribution is 0.348. The summed E-state index contributed by atoms with van der Waals surface area (Å²) in [6, 6.07) is 19.1. The molecule has 8 nitrogen and oxygen atoms in total. The predicted octanol–water partition coefficient (Wildman–Crippen LogP) is 4.98. The summed E-state index contributed by atoms with van der Waals surface area (Å²) >= 11 is 6.34. The number of hydrogen-bond donors (Lipinski definition) is 1. The van der Waals surface area contributed by atoms with E-state index in [4.69, 9.17) is 21.1 Å². The van der Waals surface area contributed by atoms with E-state index in [9.17, 15) is 13.2 Å². The van der Waals surface area contributed by atoms with Crippen molar-refractivity contribution < 1.29 is 17.9 Å². The van der Waals surface area contributed by atoms with E-state index in [1.54, 1.807) is 36.4 Å². The summed E-state index contributed by atoms with van der Waals surface area (Å²) in [6.45, 7) is 0. The molecule has 1 N–H and O–H groups in total. The molecule has 0 saturated heterocycles. The first kappa shape index (κ1) is 24.9. The highest BCUT2D eigenvalue weighted by atomic mass is 35.5. The molecular formula is C27H24ClN3O5S. The number of ether oxygens (including phenoxy) is 2. The summed E-state index contributed by atoms with van der Waals surface area (Å²) < 4.78 is 37.7. The molecule has 37 heavy (non-hydrogen) atoms. The fraction of sp³-hybridized carbons (Fsp3) is 0.185. The molecule has 0 amide bonds. The quantitative estimate of drug-likeness (QED) is 0.374. The van der Waals surface area contributed by atoms with Gasteiger partial charge < -0.3 is 14.5 Å². The third-order valence-corrected chi connectivity index (χ3v) is 7.59. The number of rotatable bonds is 6. The molecule has 0 fully saturated rings. The van der Waals surface area contributed by atoms with Gasteiger partial charge in [0.25, 0.3) is 5.56 Å². The minimum absolute atomic E-state index is 0.144. The molecular weight excluding hydrogens is 514 g/mol. The van der Waals surface area contributed by atoms with Crippen molar-refractivity contribution in [1.82, 2.24) is 9.40 Å². The zero-order valence-corrected chi connectivity index (χ0v) is 21.9. The Morgan fingerprint density at radius 1 is 1.00 bits per heavy atom. The van der Waals surface area contributed by atoms with E-state index in [1.165, 1.54) is 14.2 Å². The zero-order valence-electron chi connectivity index (χ0n) is 20.4. The van der Waals surface area contributed by atoms with Gasteiger partial charge in [-0.05, 0) is 42.0 Å². The van der Waals surface area contributed by atoms with E-state index < -0.39 is 16.1 Å². The highest BCUT2D eigenvalue weighted by molar-refractivity contribution is 7.88. The minimum atomic E-state index is -3.81. The zero-order chi connectivity index (χ0) is 26.3. The van der Waals surface area contributed by atoms with E-state index in [2.05, 4.69) is 10.1 Å². The highest BCUT2D eigenvalue weighted by Gasteiger charge is 2.38. The van der Waals surface area contributed by atoms with E-state index >= 15 is 0 Å². The summed E-state index contributed by atoms with van der Waals surface area (Å²) in [5, 5.41) is 5.74. The van der Waals surface area contributed by atoms with Crippen LogP contribution in [0.2, 0.25) is 5.02 Å². The molecule has 4 aromatic rings. The second-order valence-electron chi connectivity index (χ2n) is 8.67. The maximum absolute atomic E-state index is 13.5. The summed E-state index contributed by atoms with van der Waals surface area (Å²) in [4.78, 5) is 16.5. The van der Waals surface area contributed by atoms with Gasteiger partial charge in [0, 0.05) is 33.5 Å². The second kappa shape index (κ2) is 9.57. The Morgan fingerprint density at radius 2 is 1.76 bits per heavy atom. The van der Waals surface area contributed by atoms with Crippen molar-refractivity contribution in [2.45, 2.75) is 12.5 Å². The number of halogens is 1. The maximum Gasteiger partial charge on any atom is 0.258 e. The average molecular weight is 538 g/mol. The molecule has 0 bridgehead atoms. The van der Waals surface area contributed by atoms with E-state index in [-0.39, 0.29) is 12.0 Å². The van der Waals surface area contributed by atoms with E-state index in [0.717, 1.165) is 21.6 Å². The van der Waals surface area contributed by atoms with E-state index in [0.29, 0.717) is 44.4 Å². The largest absolute Gasteiger partial charge is 0.497 e. The van der Waals surface area contributed by atoms with Gasteiger partial charge in [-0.3, -0.25) is 4.79 Å². The number of methoxy groups -OCH3 is 2. The van der Waals surface area contributed by atoms with Crippen LogP contribution >= 0.6 is 11.6 Å². The Morgan fingerprint density at radius 3 is 2.43 bits per heavy atom. The van der Waals surface area contributed by atoms with Crippen LogP contribution in [0.3, 0.4) is 0 Å². The molecule has 0 saturated carbocycles. The third kappa shape index (κ3) is 4.56. The Kier molecular flexibility index (Phi) is 6.43. The standard InChI is InChI=1S/C27H24ClN3O5S/c1-35-18-10-12-24(36-2)20(14-18)23-15-22(30-31(23)37(3,33)34)26-25(16-7-5-4-6-8-16)19-13-17(28)9-11-21(19)29-27(26)32/h4-14,23H,15H2,1-3H3,(H,29,32). The van der Waals surface area contributed by atoms with Crippen molar-refractivity contribution in [3.63, 3.8) is 0 Å². The Balaban J connectivity index is 1.77. The molecule has 1 aliphatic heterocycles. The molecule has 10 heteroatoms.